The molecule has 12 heteroatoms. The third-order valence-corrected chi connectivity index (χ3v) is 9.89. The molecule has 2 aromatic rings. The zero-order valence-corrected chi connectivity index (χ0v) is 21.3. The number of thiophene rings is 1. The van der Waals surface area contributed by atoms with Crippen LogP contribution in [-0.4, -0.2) is 41.6 Å². The number of anilines is 1. The predicted octanol–water partition coefficient (Wildman–Crippen LogP) is 5.41. The molecule has 1 saturated heterocycles. The predicted molar refractivity (Wildman–Crippen MR) is 134 cm³/mol. The highest BCUT2D eigenvalue weighted by molar-refractivity contribution is 8.16. The van der Waals surface area contributed by atoms with Crippen molar-refractivity contribution in [3.05, 3.63) is 45.8 Å². The highest BCUT2D eigenvalue weighted by Crippen LogP contribution is 2.37. The molecular formula is C21H21Cl2N3O4S3. The van der Waals surface area contributed by atoms with E-state index in [0.717, 1.165) is 55.2 Å². The highest BCUT2D eigenvalue weighted by Gasteiger charge is 2.43. The van der Waals surface area contributed by atoms with E-state index in [0.29, 0.717) is 15.0 Å². The molecule has 2 aliphatic rings. The lowest BCUT2D eigenvalue weighted by Gasteiger charge is -2.30. The number of nitrogens with zero attached hydrogens (tertiary/aromatic N) is 2. The van der Waals surface area contributed by atoms with Gasteiger partial charge in [-0.2, -0.15) is 8.42 Å². The molecule has 1 aromatic carbocycles. The first-order valence-corrected chi connectivity index (χ1v) is 14.3. The van der Waals surface area contributed by atoms with E-state index in [1.54, 1.807) is 24.3 Å². The topological polar surface area (TPSA) is 95.9 Å². The fraction of sp³-hybridized carbons (Fsp3) is 0.381. The molecule has 1 atom stereocenters. The first-order valence-electron chi connectivity index (χ1n) is 10.4. The maximum atomic E-state index is 13.3. The lowest BCUT2D eigenvalue weighted by atomic mass is 9.94. The molecule has 0 radical (unpaired) electrons. The fourth-order valence-electron chi connectivity index (χ4n) is 3.85. The molecule has 7 nitrogen and oxygen atoms in total. The smallest absolute Gasteiger partial charge is 0.294 e. The summed E-state index contributed by atoms with van der Waals surface area (Å²) in [4.78, 5) is 27.4. The van der Waals surface area contributed by atoms with Crippen LogP contribution in [0.1, 0.15) is 38.5 Å². The van der Waals surface area contributed by atoms with Crippen LogP contribution in [0.15, 0.2) is 45.0 Å². The Labute approximate surface area is 210 Å². The van der Waals surface area contributed by atoms with Crippen LogP contribution in [-0.2, 0) is 19.6 Å². The quantitative estimate of drug-likeness (QED) is 0.523. The summed E-state index contributed by atoms with van der Waals surface area (Å²) in [5.74, 6) is -0.628. The van der Waals surface area contributed by atoms with Crippen LogP contribution in [0.5, 0.6) is 0 Å². The van der Waals surface area contributed by atoms with E-state index in [1.807, 2.05) is 0 Å². The average molecular weight is 547 g/mol. The second-order valence-corrected chi connectivity index (χ2v) is 12.9. The minimum atomic E-state index is -4.03. The Morgan fingerprint density at radius 1 is 1.09 bits per heavy atom. The minimum Gasteiger partial charge on any atom is -0.326 e. The number of halogens is 2. The van der Waals surface area contributed by atoms with Gasteiger partial charge in [0.25, 0.3) is 10.0 Å². The van der Waals surface area contributed by atoms with Crippen molar-refractivity contribution in [2.75, 3.05) is 5.32 Å². The summed E-state index contributed by atoms with van der Waals surface area (Å²) in [6.07, 6.45) is 4.46. The van der Waals surface area contributed by atoms with Gasteiger partial charge in [0.15, 0.2) is 5.17 Å². The van der Waals surface area contributed by atoms with Crippen LogP contribution in [0.25, 0.3) is 0 Å². The third-order valence-electron chi connectivity index (χ3n) is 5.41. The summed E-state index contributed by atoms with van der Waals surface area (Å²) in [5.41, 5.74) is 0.565. The van der Waals surface area contributed by atoms with Gasteiger partial charge in [-0.3, -0.25) is 14.5 Å². The van der Waals surface area contributed by atoms with E-state index in [4.69, 9.17) is 23.2 Å². The van der Waals surface area contributed by atoms with Crippen LogP contribution in [0.2, 0.25) is 9.36 Å². The van der Waals surface area contributed by atoms with Gasteiger partial charge in [-0.05, 0) is 49.2 Å². The number of sulfonamides is 1. The van der Waals surface area contributed by atoms with Gasteiger partial charge in [-0.25, -0.2) is 0 Å². The number of benzene rings is 1. The summed E-state index contributed by atoms with van der Waals surface area (Å²) < 4.78 is 30.1. The molecule has 1 aliphatic carbocycles. The van der Waals surface area contributed by atoms with Gasteiger partial charge in [0.2, 0.25) is 11.8 Å². The third kappa shape index (κ3) is 5.92. The zero-order valence-electron chi connectivity index (χ0n) is 17.4. The molecule has 2 fully saturated rings. The highest BCUT2D eigenvalue weighted by atomic mass is 35.5. The van der Waals surface area contributed by atoms with E-state index in [9.17, 15) is 18.0 Å². The van der Waals surface area contributed by atoms with Gasteiger partial charge >= 0.3 is 0 Å². The number of hydrogen-bond acceptors (Lipinski definition) is 6. The van der Waals surface area contributed by atoms with Crippen molar-refractivity contribution in [1.29, 1.82) is 0 Å². The molecular weight excluding hydrogens is 525 g/mol. The fourth-order valence-corrected chi connectivity index (χ4v) is 7.84. The Morgan fingerprint density at radius 3 is 2.42 bits per heavy atom. The van der Waals surface area contributed by atoms with Crippen molar-refractivity contribution < 1.29 is 18.0 Å². The Morgan fingerprint density at radius 2 is 1.79 bits per heavy atom. The second kappa shape index (κ2) is 10.4. The number of rotatable bonds is 6. The number of amides is 2. The van der Waals surface area contributed by atoms with Crippen molar-refractivity contribution in [2.45, 2.75) is 54.0 Å². The van der Waals surface area contributed by atoms with Crippen molar-refractivity contribution >= 4 is 79.0 Å². The molecule has 1 saturated carbocycles. The van der Waals surface area contributed by atoms with Gasteiger partial charge in [0, 0.05) is 23.2 Å². The lowest BCUT2D eigenvalue weighted by Crippen LogP contribution is -2.42. The Bertz CT molecular complexity index is 1180. The molecule has 1 unspecified atom stereocenters. The number of hydrogen-bond donors (Lipinski definition) is 1. The number of thioether (sulfide) groups is 1. The van der Waals surface area contributed by atoms with Crippen LogP contribution in [0.3, 0.4) is 0 Å². The molecule has 1 aliphatic heterocycles. The summed E-state index contributed by atoms with van der Waals surface area (Å²) >= 11 is 13.7. The first kappa shape index (κ1) is 24.5. The monoisotopic (exact) mass is 545 g/mol. The molecule has 2 amide bonds. The molecule has 4 rings (SSSR count). The molecule has 0 spiro atoms. The molecule has 2 heterocycles. The molecule has 0 bridgehead atoms. The molecule has 33 heavy (non-hydrogen) atoms. The lowest BCUT2D eigenvalue weighted by molar-refractivity contribution is -0.130. The minimum absolute atomic E-state index is 0.0144. The summed E-state index contributed by atoms with van der Waals surface area (Å²) in [6.45, 7) is 0. The molecule has 176 valence electrons. The Kier molecular flexibility index (Phi) is 7.69. The van der Waals surface area contributed by atoms with Crippen molar-refractivity contribution in [2.24, 2.45) is 4.40 Å². The van der Waals surface area contributed by atoms with E-state index >= 15 is 0 Å². The molecule has 1 N–H and O–H groups in total. The Hall–Kier alpha value is -1.59. The van der Waals surface area contributed by atoms with E-state index in [1.165, 1.54) is 17.0 Å². The number of amidine groups is 1. The van der Waals surface area contributed by atoms with Crippen molar-refractivity contribution in [3.63, 3.8) is 0 Å². The van der Waals surface area contributed by atoms with E-state index < -0.39 is 15.3 Å². The van der Waals surface area contributed by atoms with Gasteiger partial charge in [0.1, 0.15) is 9.46 Å². The van der Waals surface area contributed by atoms with E-state index in [-0.39, 0.29) is 33.7 Å². The number of carbonyl (C=O) groups is 2. The normalized spacial score (nSPS) is 21.0. The van der Waals surface area contributed by atoms with Gasteiger partial charge in [-0.1, -0.05) is 54.2 Å². The summed E-state index contributed by atoms with van der Waals surface area (Å²) in [6, 6.07) is 9.43. The standard InChI is InChI=1S/C21H21Cl2N3O4S3/c22-13-6-8-14(9-7-13)24-18(27)12-16-20(28)26(15-4-2-1-3-5-15)21(31-16)25-33(29,30)19-11-10-17(23)32-19/h6-11,15-16H,1-5,12H2,(H,24,27). The van der Waals surface area contributed by atoms with Gasteiger partial charge < -0.3 is 5.32 Å². The number of nitrogens with one attached hydrogen (secondary N) is 1. The van der Waals surface area contributed by atoms with Gasteiger partial charge in [-0.15, -0.1) is 15.7 Å². The van der Waals surface area contributed by atoms with Gasteiger partial charge in [0.05, 0.1) is 4.34 Å². The first-order chi connectivity index (χ1) is 15.7. The molecule has 1 aromatic heterocycles. The van der Waals surface area contributed by atoms with Crippen molar-refractivity contribution in [1.82, 2.24) is 4.90 Å². The van der Waals surface area contributed by atoms with Crippen LogP contribution < -0.4 is 5.32 Å². The average Bonchev–Trinajstić information content (AvgIpc) is 3.34. The SMILES string of the molecule is O=C(CC1SC(=NS(=O)(=O)c2ccc(Cl)s2)N(C2CCCCC2)C1=O)Nc1ccc(Cl)cc1. The maximum absolute atomic E-state index is 13.3. The maximum Gasteiger partial charge on any atom is 0.294 e. The second-order valence-electron chi connectivity index (χ2n) is 7.77. The summed E-state index contributed by atoms with van der Waals surface area (Å²) in [7, 11) is -4.03. The zero-order chi connectivity index (χ0) is 23.6. The van der Waals surface area contributed by atoms with Crippen LogP contribution in [0.4, 0.5) is 5.69 Å². The largest absolute Gasteiger partial charge is 0.326 e. The van der Waals surface area contributed by atoms with Crippen LogP contribution >= 0.6 is 46.3 Å². The summed E-state index contributed by atoms with van der Waals surface area (Å²) in [5, 5.41) is 2.67. The van der Waals surface area contributed by atoms with Crippen molar-refractivity contribution in [3.8, 4) is 0 Å². The number of carbonyl (C=O) groups excluding carboxylic acids is 2. The van der Waals surface area contributed by atoms with E-state index in [2.05, 4.69) is 9.71 Å². The Balaban J connectivity index is 1.56. The van der Waals surface area contributed by atoms with Crippen LogP contribution in [0, 0.1) is 0 Å².